The number of esters is 1. The molecule has 0 aliphatic rings. The number of rotatable bonds is 8. The molecule has 1 N–H and O–H groups in total. The van der Waals surface area contributed by atoms with Crippen molar-refractivity contribution in [2.24, 2.45) is 0 Å². The molecule has 1 atom stereocenters. The molecular formula is C23H25NO5. The van der Waals surface area contributed by atoms with Crippen LogP contribution in [0.4, 0.5) is 0 Å². The highest BCUT2D eigenvalue weighted by atomic mass is 16.5. The van der Waals surface area contributed by atoms with Crippen LogP contribution in [0.15, 0.2) is 52.9 Å². The van der Waals surface area contributed by atoms with Crippen LogP contribution >= 0.6 is 0 Å². The molecule has 0 saturated heterocycles. The summed E-state index contributed by atoms with van der Waals surface area (Å²) in [5.41, 5.74) is 3.35. The summed E-state index contributed by atoms with van der Waals surface area (Å²) in [5.74, 6) is -0.992. The van der Waals surface area contributed by atoms with Gasteiger partial charge in [-0.2, -0.15) is 0 Å². The van der Waals surface area contributed by atoms with Crippen molar-refractivity contribution in [1.82, 2.24) is 5.32 Å². The van der Waals surface area contributed by atoms with Crippen molar-refractivity contribution in [3.05, 3.63) is 71.0 Å². The van der Waals surface area contributed by atoms with E-state index in [-0.39, 0.29) is 30.9 Å². The minimum atomic E-state index is -0.688. The van der Waals surface area contributed by atoms with E-state index in [0.717, 1.165) is 22.9 Å². The van der Waals surface area contributed by atoms with Gasteiger partial charge in [-0.05, 0) is 25.0 Å². The summed E-state index contributed by atoms with van der Waals surface area (Å²) in [7, 11) is 1.54. The topological polar surface area (TPSA) is 77.8 Å². The molecule has 152 valence electrons. The van der Waals surface area contributed by atoms with Crippen LogP contribution in [0.3, 0.4) is 0 Å². The first-order valence-corrected chi connectivity index (χ1v) is 9.55. The van der Waals surface area contributed by atoms with Gasteiger partial charge in [-0.1, -0.05) is 55.0 Å². The Labute approximate surface area is 169 Å². The lowest BCUT2D eigenvalue weighted by Crippen LogP contribution is -2.32. The predicted molar refractivity (Wildman–Crippen MR) is 110 cm³/mol. The monoisotopic (exact) mass is 395 g/mol. The Morgan fingerprint density at radius 1 is 1.10 bits per heavy atom. The molecule has 29 heavy (non-hydrogen) atoms. The third-order valence-corrected chi connectivity index (χ3v) is 4.73. The van der Waals surface area contributed by atoms with Crippen molar-refractivity contribution in [2.45, 2.75) is 32.9 Å². The highest BCUT2D eigenvalue weighted by molar-refractivity contribution is 5.96. The van der Waals surface area contributed by atoms with E-state index in [4.69, 9.17) is 13.9 Å². The van der Waals surface area contributed by atoms with Crippen LogP contribution in [0.2, 0.25) is 0 Å². The highest BCUT2D eigenvalue weighted by Gasteiger charge is 2.23. The van der Waals surface area contributed by atoms with Crippen LogP contribution in [0.1, 0.15) is 46.6 Å². The molecule has 0 spiro atoms. The zero-order chi connectivity index (χ0) is 20.8. The highest BCUT2D eigenvalue weighted by Crippen LogP contribution is 2.27. The summed E-state index contributed by atoms with van der Waals surface area (Å²) in [6.07, 6.45) is 0.726. The first kappa shape index (κ1) is 20.6. The van der Waals surface area contributed by atoms with E-state index in [1.165, 1.54) is 0 Å². The van der Waals surface area contributed by atoms with Crippen LogP contribution in [0.25, 0.3) is 11.0 Å². The maximum atomic E-state index is 12.5. The minimum Gasteiger partial charge on any atom is -0.450 e. The number of furan rings is 1. The van der Waals surface area contributed by atoms with E-state index >= 15 is 0 Å². The fraction of sp³-hybridized carbons (Fsp3) is 0.304. The Hall–Kier alpha value is -3.12. The van der Waals surface area contributed by atoms with Crippen LogP contribution in [0.5, 0.6) is 0 Å². The summed E-state index contributed by atoms with van der Waals surface area (Å²) in [4.78, 5) is 24.9. The van der Waals surface area contributed by atoms with Gasteiger partial charge in [-0.3, -0.25) is 4.79 Å². The maximum Gasteiger partial charge on any atom is 0.375 e. The summed E-state index contributed by atoms with van der Waals surface area (Å²) in [5, 5.41) is 3.69. The third-order valence-electron chi connectivity index (χ3n) is 4.73. The van der Waals surface area contributed by atoms with Crippen molar-refractivity contribution in [1.29, 1.82) is 0 Å². The second-order valence-corrected chi connectivity index (χ2v) is 6.85. The lowest BCUT2D eigenvalue weighted by molar-refractivity contribution is -0.125. The maximum absolute atomic E-state index is 12.5. The van der Waals surface area contributed by atoms with Gasteiger partial charge in [0.2, 0.25) is 5.76 Å². The molecule has 0 bridgehead atoms. The van der Waals surface area contributed by atoms with Crippen molar-refractivity contribution in [2.75, 3.05) is 13.7 Å². The lowest BCUT2D eigenvalue weighted by atomic mass is 10.0. The number of aryl methyl sites for hydroxylation is 1. The summed E-state index contributed by atoms with van der Waals surface area (Å²) in [6, 6.07) is 15.1. The number of carbonyl (C=O) groups is 2. The predicted octanol–water partition coefficient (Wildman–Crippen LogP) is 4.31. The van der Waals surface area contributed by atoms with Gasteiger partial charge < -0.3 is 19.2 Å². The first-order chi connectivity index (χ1) is 14.0. The summed E-state index contributed by atoms with van der Waals surface area (Å²) in [6.45, 7) is 3.82. The molecule has 0 radical (unpaired) electrons. The van der Waals surface area contributed by atoms with Gasteiger partial charge >= 0.3 is 5.97 Å². The van der Waals surface area contributed by atoms with Gasteiger partial charge in [0.25, 0.3) is 5.91 Å². The van der Waals surface area contributed by atoms with Crippen molar-refractivity contribution in [3.8, 4) is 0 Å². The SMILES string of the molecule is CC[C@@H](NC(=O)COC(=O)c1oc2ccccc2c1COC)c1ccc(C)cc1. The smallest absolute Gasteiger partial charge is 0.375 e. The number of nitrogens with one attached hydrogen (secondary N) is 1. The van der Waals surface area contributed by atoms with Crippen molar-refractivity contribution >= 4 is 22.8 Å². The number of benzene rings is 2. The number of amides is 1. The first-order valence-electron chi connectivity index (χ1n) is 9.55. The van der Waals surface area contributed by atoms with E-state index in [1.54, 1.807) is 13.2 Å². The number of para-hydroxylation sites is 1. The molecule has 2 aromatic carbocycles. The summed E-state index contributed by atoms with van der Waals surface area (Å²) < 4.78 is 16.0. The van der Waals surface area contributed by atoms with Crippen LogP contribution < -0.4 is 5.32 Å². The van der Waals surface area contributed by atoms with E-state index in [2.05, 4.69) is 5.32 Å². The molecule has 3 aromatic rings. The van der Waals surface area contributed by atoms with Gasteiger partial charge in [0.15, 0.2) is 6.61 Å². The van der Waals surface area contributed by atoms with Gasteiger partial charge in [0.1, 0.15) is 5.58 Å². The molecule has 6 heteroatoms. The largest absolute Gasteiger partial charge is 0.450 e. The van der Waals surface area contributed by atoms with Crippen LogP contribution in [0, 0.1) is 6.92 Å². The second kappa shape index (κ2) is 9.39. The molecule has 3 rings (SSSR count). The Morgan fingerprint density at radius 2 is 1.83 bits per heavy atom. The number of fused-ring (bicyclic) bond motifs is 1. The van der Waals surface area contributed by atoms with Gasteiger partial charge in [0, 0.05) is 18.1 Å². The molecule has 0 aliphatic carbocycles. The van der Waals surface area contributed by atoms with Gasteiger partial charge in [-0.25, -0.2) is 4.79 Å². The molecule has 1 amide bonds. The van der Waals surface area contributed by atoms with E-state index < -0.39 is 5.97 Å². The molecule has 6 nitrogen and oxygen atoms in total. The van der Waals surface area contributed by atoms with Gasteiger partial charge in [-0.15, -0.1) is 0 Å². The molecule has 0 saturated carbocycles. The number of ether oxygens (including phenoxy) is 2. The van der Waals surface area contributed by atoms with E-state index in [1.807, 2.05) is 56.3 Å². The number of hydrogen-bond acceptors (Lipinski definition) is 5. The zero-order valence-corrected chi connectivity index (χ0v) is 16.9. The Kier molecular flexibility index (Phi) is 6.67. The number of methoxy groups -OCH3 is 1. The van der Waals surface area contributed by atoms with Crippen LogP contribution in [-0.2, 0) is 20.9 Å². The molecule has 1 aromatic heterocycles. The van der Waals surface area contributed by atoms with Crippen molar-refractivity contribution < 1.29 is 23.5 Å². The van der Waals surface area contributed by atoms with Crippen LogP contribution in [-0.4, -0.2) is 25.6 Å². The Morgan fingerprint density at radius 3 is 2.52 bits per heavy atom. The van der Waals surface area contributed by atoms with E-state index in [0.29, 0.717) is 11.1 Å². The Balaban J connectivity index is 1.65. The normalized spacial score (nSPS) is 12.0. The molecule has 0 unspecified atom stereocenters. The molecule has 0 aliphatic heterocycles. The Bertz CT molecular complexity index is 990. The molecular weight excluding hydrogens is 370 g/mol. The standard InChI is InChI=1S/C23H25NO5/c1-4-19(16-11-9-15(2)10-12-16)24-21(25)14-28-23(26)22-18(13-27-3)17-7-5-6-8-20(17)29-22/h5-12,19H,4,13-14H2,1-3H3,(H,24,25)/t19-/m1/s1. The molecule has 1 heterocycles. The summed E-state index contributed by atoms with van der Waals surface area (Å²) >= 11 is 0. The number of carbonyl (C=O) groups excluding carboxylic acids is 2. The third kappa shape index (κ3) is 4.84. The van der Waals surface area contributed by atoms with Gasteiger partial charge in [0.05, 0.1) is 12.6 Å². The average Bonchev–Trinajstić information content (AvgIpc) is 3.10. The zero-order valence-electron chi connectivity index (χ0n) is 16.9. The van der Waals surface area contributed by atoms with Crippen molar-refractivity contribution in [3.63, 3.8) is 0 Å². The molecule has 0 fully saturated rings. The second-order valence-electron chi connectivity index (χ2n) is 6.85. The lowest BCUT2D eigenvalue weighted by Gasteiger charge is -2.17. The van der Waals surface area contributed by atoms with E-state index in [9.17, 15) is 9.59 Å². The quantitative estimate of drug-likeness (QED) is 0.575. The fourth-order valence-corrected chi connectivity index (χ4v) is 3.20. The average molecular weight is 395 g/mol. The minimum absolute atomic E-state index is 0.0615. The fourth-order valence-electron chi connectivity index (χ4n) is 3.20. The number of hydrogen-bond donors (Lipinski definition) is 1.